The van der Waals surface area contributed by atoms with Crippen molar-refractivity contribution in [3.8, 4) is 11.4 Å². The average molecular weight is 362 g/mol. The van der Waals surface area contributed by atoms with E-state index in [2.05, 4.69) is 39.9 Å². The fraction of sp³-hybridized carbons (Fsp3) is 0.333. The molecule has 3 aromatic rings. The predicted molar refractivity (Wildman–Crippen MR) is 105 cm³/mol. The molecule has 6 nitrogen and oxygen atoms in total. The maximum Gasteiger partial charge on any atom is 0.253 e. The number of hydrogen-bond acceptors (Lipinski definition) is 4. The number of carbonyl (C=O) groups excluding carboxylic acids is 1. The van der Waals surface area contributed by atoms with Crippen LogP contribution in [0.1, 0.15) is 15.9 Å². The maximum absolute atomic E-state index is 12.4. The van der Waals surface area contributed by atoms with Crippen LogP contribution in [0.3, 0.4) is 0 Å². The van der Waals surface area contributed by atoms with E-state index >= 15 is 0 Å². The standard InChI is InChI=1S/C21H22N4O2/c1-14-13-15(24-9-11-27-12-10-24)5-6-16(14)20-23-18-4-2-3-17-19(18)25(20)8-7-22-21(17)26/h2-6,13H,7-12H2,1H3,(H,22,26). The fourth-order valence-electron chi connectivity index (χ4n) is 4.09. The summed E-state index contributed by atoms with van der Waals surface area (Å²) in [5.41, 5.74) is 6.03. The largest absolute Gasteiger partial charge is 0.378 e. The summed E-state index contributed by atoms with van der Waals surface area (Å²) >= 11 is 0. The quantitative estimate of drug-likeness (QED) is 0.761. The van der Waals surface area contributed by atoms with Gasteiger partial charge in [0.1, 0.15) is 5.82 Å². The van der Waals surface area contributed by atoms with Crippen molar-refractivity contribution >= 4 is 22.6 Å². The van der Waals surface area contributed by atoms with Crippen molar-refractivity contribution in [3.05, 3.63) is 47.5 Å². The number of rotatable bonds is 2. The number of hydrogen-bond donors (Lipinski definition) is 1. The number of amides is 1. The number of aryl methyl sites for hydroxylation is 1. The molecule has 1 aromatic heterocycles. The monoisotopic (exact) mass is 362 g/mol. The minimum absolute atomic E-state index is 0.0230. The zero-order valence-electron chi connectivity index (χ0n) is 15.4. The van der Waals surface area contributed by atoms with Crippen LogP contribution in [0.5, 0.6) is 0 Å². The molecule has 0 radical (unpaired) electrons. The van der Waals surface area contributed by atoms with Gasteiger partial charge in [-0.25, -0.2) is 4.98 Å². The number of nitrogens with one attached hydrogen (secondary N) is 1. The number of nitrogens with zero attached hydrogens (tertiary/aromatic N) is 3. The van der Waals surface area contributed by atoms with E-state index in [1.54, 1.807) is 0 Å². The average Bonchev–Trinajstić information content (AvgIpc) is 2.97. The molecule has 1 N–H and O–H groups in total. The Morgan fingerprint density at radius 3 is 2.74 bits per heavy atom. The van der Waals surface area contributed by atoms with Gasteiger partial charge < -0.3 is 19.5 Å². The number of ether oxygens (including phenoxy) is 1. The zero-order valence-corrected chi connectivity index (χ0v) is 15.4. The summed E-state index contributed by atoms with van der Waals surface area (Å²) in [6.07, 6.45) is 0. The van der Waals surface area contributed by atoms with Crippen LogP contribution in [0.25, 0.3) is 22.4 Å². The Balaban J connectivity index is 1.62. The molecule has 5 rings (SSSR count). The molecular weight excluding hydrogens is 340 g/mol. The lowest BCUT2D eigenvalue weighted by Gasteiger charge is -2.29. The molecule has 0 saturated carbocycles. The summed E-state index contributed by atoms with van der Waals surface area (Å²) in [6.45, 7) is 6.87. The first kappa shape index (κ1) is 16.3. The summed E-state index contributed by atoms with van der Waals surface area (Å²) in [4.78, 5) is 19.6. The molecule has 1 fully saturated rings. The molecule has 0 bridgehead atoms. The van der Waals surface area contributed by atoms with Gasteiger partial charge in [0.25, 0.3) is 5.91 Å². The van der Waals surface area contributed by atoms with Gasteiger partial charge in [-0.05, 0) is 42.8 Å². The molecule has 0 atom stereocenters. The van der Waals surface area contributed by atoms with Gasteiger partial charge in [-0.15, -0.1) is 0 Å². The van der Waals surface area contributed by atoms with Crippen LogP contribution in [0.15, 0.2) is 36.4 Å². The maximum atomic E-state index is 12.4. The second-order valence-electron chi connectivity index (χ2n) is 7.11. The van der Waals surface area contributed by atoms with Gasteiger partial charge in [-0.1, -0.05) is 6.07 Å². The smallest absolute Gasteiger partial charge is 0.253 e. The number of morpholine rings is 1. The zero-order chi connectivity index (χ0) is 18.4. The van der Waals surface area contributed by atoms with E-state index in [4.69, 9.17) is 9.72 Å². The molecule has 0 spiro atoms. The van der Waals surface area contributed by atoms with Crippen LogP contribution < -0.4 is 10.2 Å². The van der Waals surface area contributed by atoms with Crippen molar-refractivity contribution < 1.29 is 9.53 Å². The number of carbonyl (C=O) groups is 1. The van der Waals surface area contributed by atoms with Crippen LogP contribution in [0, 0.1) is 6.92 Å². The molecule has 2 aliphatic rings. The third-order valence-corrected chi connectivity index (χ3v) is 5.46. The van der Waals surface area contributed by atoms with Gasteiger partial charge in [-0.3, -0.25) is 4.79 Å². The van der Waals surface area contributed by atoms with E-state index in [9.17, 15) is 4.79 Å². The predicted octanol–water partition coefficient (Wildman–Crippen LogP) is 2.59. The molecule has 3 heterocycles. The van der Waals surface area contributed by atoms with Crippen molar-refractivity contribution in [1.29, 1.82) is 0 Å². The Morgan fingerprint density at radius 1 is 1.07 bits per heavy atom. The van der Waals surface area contributed by atoms with E-state index < -0.39 is 0 Å². The van der Waals surface area contributed by atoms with Gasteiger partial charge in [0, 0.05) is 37.4 Å². The van der Waals surface area contributed by atoms with E-state index in [0.29, 0.717) is 12.1 Å². The third kappa shape index (κ3) is 2.68. The number of para-hydroxylation sites is 1. The SMILES string of the molecule is Cc1cc(N2CCOCC2)ccc1-c1nc2cccc3c2n1CCNC3=O. The summed E-state index contributed by atoms with van der Waals surface area (Å²) < 4.78 is 7.64. The Hall–Kier alpha value is -2.86. The number of aromatic nitrogens is 2. The molecule has 138 valence electrons. The fourth-order valence-corrected chi connectivity index (χ4v) is 4.09. The lowest BCUT2D eigenvalue weighted by Crippen LogP contribution is -2.36. The molecule has 6 heteroatoms. The van der Waals surface area contributed by atoms with Gasteiger partial charge in [0.05, 0.1) is 29.8 Å². The first-order valence-electron chi connectivity index (χ1n) is 9.43. The van der Waals surface area contributed by atoms with Crippen molar-refractivity contribution in [1.82, 2.24) is 14.9 Å². The van der Waals surface area contributed by atoms with Gasteiger partial charge >= 0.3 is 0 Å². The van der Waals surface area contributed by atoms with Gasteiger partial charge in [0.15, 0.2) is 0 Å². The lowest BCUT2D eigenvalue weighted by atomic mass is 10.1. The van der Waals surface area contributed by atoms with Crippen LogP contribution in [-0.2, 0) is 11.3 Å². The van der Waals surface area contributed by atoms with E-state index in [1.165, 1.54) is 11.3 Å². The van der Waals surface area contributed by atoms with Gasteiger partial charge in [-0.2, -0.15) is 0 Å². The van der Waals surface area contributed by atoms with Crippen molar-refractivity contribution in [3.63, 3.8) is 0 Å². The number of imidazole rings is 1. The summed E-state index contributed by atoms with van der Waals surface area (Å²) in [7, 11) is 0. The number of benzene rings is 2. The molecule has 1 amide bonds. The molecule has 0 aliphatic carbocycles. The second kappa shape index (κ2) is 6.39. The lowest BCUT2D eigenvalue weighted by molar-refractivity contribution is 0.0956. The Morgan fingerprint density at radius 2 is 1.93 bits per heavy atom. The third-order valence-electron chi connectivity index (χ3n) is 5.46. The second-order valence-corrected chi connectivity index (χ2v) is 7.11. The minimum Gasteiger partial charge on any atom is -0.378 e. The summed E-state index contributed by atoms with van der Waals surface area (Å²) in [5.74, 6) is 0.908. The van der Waals surface area contributed by atoms with Crippen LogP contribution >= 0.6 is 0 Å². The van der Waals surface area contributed by atoms with Crippen LogP contribution in [0.4, 0.5) is 5.69 Å². The normalized spacial score (nSPS) is 17.1. The Bertz CT molecular complexity index is 1030. The highest BCUT2D eigenvalue weighted by Crippen LogP contribution is 2.32. The topological polar surface area (TPSA) is 59.4 Å². The summed E-state index contributed by atoms with van der Waals surface area (Å²) in [5, 5.41) is 2.98. The van der Waals surface area contributed by atoms with E-state index in [1.807, 2.05) is 18.2 Å². The molecular formula is C21H22N4O2. The van der Waals surface area contributed by atoms with E-state index in [0.717, 1.165) is 55.3 Å². The Labute approximate surface area is 157 Å². The van der Waals surface area contributed by atoms with Gasteiger partial charge in [0.2, 0.25) is 0 Å². The first-order chi connectivity index (χ1) is 13.2. The van der Waals surface area contributed by atoms with Crippen LogP contribution in [0.2, 0.25) is 0 Å². The molecule has 27 heavy (non-hydrogen) atoms. The highest BCUT2D eigenvalue weighted by molar-refractivity contribution is 6.06. The highest BCUT2D eigenvalue weighted by atomic mass is 16.5. The Kier molecular flexibility index (Phi) is 3.86. The molecule has 2 aromatic carbocycles. The van der Waals surface area contributed by atoms with Crippen molar-refractivity contribution in [2.45, 2.75) is 13.5 Å². The van der Waals surface area contributed by atoms with Crippen molar-refractivity contribution in [2.75, 3.05) is 37.7 Å². The molecule has 2 aliphatic heterocycles. The molecule has 0 unspecified atom stereocenters. The first-order valence-corrected chi connectivity index (χ1v) is 9.43. The minimum atomic E-state index is -0.0230. The molecule has 1 saturated heterocycles. The van der Waals surface area contributed by atoms with Crippen molar-refractivity contribution in [2.24, 2.45) is 0 Å². The summed E-state index contributed by atoms with van der Waals surface area (Å²) in [6, 6.07) is 12.3. The van der Waals surface area contributed by atoms with Crippen LogP contribution in [-0.4, -0.2) is 48.3 Å². The highest BCUT2D eigenvalue weighted by Gasteiger charge is 2.22. The number of anilines is 1. The van der Waals surface area contributed by atoms with E-state index in [-0.39, 0.29) is 5.91 Å².